The number of nitrogens with zero attached hydrogens (tertiary/aromatic N) is 2. The number of benzene rings is 1. The molecule has 0 fully saturated rings. The molecule has 0 aliphatic heterocycles. The second-order valence-electron chi connectivity index (χ2n) is 3.74. The topological polar surface area (TPSA) is 52.1 Å². The first-order valence-electron chi connectivity index (χ1n) is 5.78. The molecule has 0 spiro atoms. The van der Waals surface area contributed by atoms with Crippen LogP contribution in [0.15, 0.2) is 42.7 Å². The molecule has 1 atom stereocenters. The molecule has 0 saturated carbocycles. The number of carbonyl (C=O) groups excluding carboxylic acids is 1. The zero-order valence-electron chi connectivity index (χ0n) is 10.1. The van der Waals surface area contributed by atoms with Gasteiger partial charge in [-0.3, -0.25) is 4.79 Å². The van der Waals surface area contributed by atoms with Crippen LogP contribution in [0.25, 0.3) is 0 Å². The van der Waals surface area contributed by atoms with Gasteiger partial charge in [-0.25, -0.2) is 9.97 Å². The van der Waals surface area contributed by atoms with Crippen LogP contribution in [-0.4, -0.2) is 22.9 Å². The van der Waals surface area contributed by atoms with Crippen molar-refractivity contribution in [1.82, 2.24) is 9.97 Å². The monoisotopic (exact) mass is 242 g/mol. The van der Waals surface area contributed by atoms with Crippen LogP contribution in [-0.2, 0) is 4.74 Å². The van der Waals surface area contributed by atoms with Crippen LogP contribution in [0.2, 0.25) is 0 Å². The minimum Gasteiger partial charge on any atom is -0.366 e. The van der Waals surface area contributed by atoms with Crippen molar-refractivity contribution in [3.8, 4) is 0 Å². The molecule has 92 valence electrons. The molecule has 0 N–H and O–H groups in total. The molecule has 0 radical (unpaired) electrons. The van der Waals surface area contributed by atoms with Crippen LogP contribution in [0.5, 0.6) is 0 Å². The maximum atomic E-state index is 10.6. The van der Waals surface area contributed by atoms with E-state index in [1.807, 2.05) is 37.3 Å². The van der Waals surface area contributed by atoms with Gasteiger partial charge in [0.25, 0.3) is 0 Å². The smallest absolute Gasteiger partial charge is 0.161 e. The quantitative estimate of drug-likeness (QED) is 0.755. The lowest BCUT2D eigenvalue weighted by atomic mass is 10.1. The Morgan fingerprint density at radius 1 is 1.22 bits per heavy atom. The van der Waals surface area contributed by atoms with Crippen molar-refractivity contribution in [2.45, 2.75) is 13.0 Å². The summed E-state index contributed by atoms with van der Waals surface area (Å²) in [7, 11) is 0. The SMILES string of the molecule is CCOC(c1ccccc1)c1ncc(C=O)cn1. The Kier molecular flexibility index (Phi) is 4.15. The summed E-state index contributed by atoms with van der Waals surface area (Å²) in [5.74, 6) is 0.564. The molecule has 0 aliphatic rings. The average molecular weight is 242 g/mol. The Morgan fingerprint density at radius 2 is 1.89 bits per heavy atom. The Balaban J connectivity index is 2.32. The molecule has 0 saturated heterocycles. The van der Waals surface area contributed by atoms with Gasteiger partial charge in [-0.05, 0) is 12.5 Å². The van der Waals surface area contributed by atoms with Crippen molar-refractivity contribution in [1.29, 1.82) is 0 Å². The van der Waals surface area contributed by atoms with Gasteiger partial charge in [0.1, 0.15) is 6.10 Å². The highest BCUT2D eigenvalue weighted by Crippen LogP contribution is 2.22. The Hall–Kier alpha value is -2.07. The first kappa shape index (κ1) is 12.4. The van der Waals surface area contributed by atoms with Crippen LogP contribution in [0.4, 0.5) is 0 Å². The van der Waals surface area contributed by atoms with Crippen molar-refractivity contribution in [3.63, 3.8) is 0 Å². The van der Waals surface area contributed by atoms with E-state index in [-0.39, 0.29) is 6.10 Å². The fourth-order valence-electron chi connectivity index (χ4n) is 1.66. The molecule has 1 unspecified atom stereocenters. The maximum absolute atomic E-state index is 10.6. The lowest BCUT2D eigenvalue weighted by Gasteiger charge is -2.15. The molecule has 1 aromatic carbocycles. The number of ether oxygens (including phenoxy) is 1. The summed E-state index contributed by atoms with van der Waals surface area (Å²) in [5, 5.41) is 0. The number of aldehydes is 1. The minimum atomic E-state index is -0.295. The number of carbonyl (C=O) groups is 1. The normalized spacial score (nSPS) is 12.1. The number of hydrogen-bond acceptors (Lipinski definition) is 4. The van der Waals surface area contributed by atoms with Gasteiger partial charge in [0.05, 0.1) is 5.56 Å². The van der Waals surface area contributed by atoms with E-state index in [4.69, 9.17) is 4.74 Å². The molecule has 0 bridgehead atoms. The molecule has 4 heteroatoms. The molecule has 18 heavy (non-hydrogen) atoms. The van der Waals surface area contributed by atoms with Crippen molar-refractivity contribution < 1.29 is 9.53 Å². The summed E-state index contributed by atoms with van der Waals surface area (Å²) in [6, 6.07) is 9.78. The van der Waals surface area contributed by atoms with E-state index < -0.39 is 0 Å². The Bertz CT molecular complexity index is 497. The highest BCUT2D eigenvalue weighted by molar-refractivity contribution is 5.73. The Labute approximate surface area is 106 Å². The number of rotatable bonds is 5. The number of hydrogen-bond donors (Lipinski definition) is 0. The largest absolute Gasteiger partial charge is 0.366 e. The van der Waals surface area contributed by atoms with E-state index in [9.17, 15) is 4.79 Å². The van der Waals surface area contributed by atoms with E-state index in [0.717, 1.165) is 11.8 Å². The lowest BCUT2D eigenvalue weighted by Crippen LogP contribution is -2.10. The highest BCUT2D eigenvalue weighted by Gasteiger charge is 2.16. The summed E-state index contributed by atoms with van der Waals surface area (Å²) >= 11 is 0. The molecule has 2 aromatic rings. The Morgan fingerprint density at radius 3 is 2.44 bits per heavy atom. The van der Waals surface area contributed by atoms with Crippen LogP contribution in [0.3, 0.4) is 0 Å². The van der Waals surface area contributed by atoms with E-state index in [1.165, 1.54) is 12.4 Å². The van der Waals surface area contributed by atoms with E-state index in [0.29, 0.717) is 18.0 Å². The van der Waals surface area contributed by atoms with E-state index in [2.05, 4.69) is 9.97 Å². The van der Waals surface area contributed by atoms with Crippen molar-refractivity contribution in [2.75, 3.05) is 6.61 Å². The molecular formula is C14H14N2O2. The maximum Gasteiger partial charge on any atom is 0.161 e. The molecule has 1 heterocycles. The van der Waals surface area contributed by atoms with E-state index >= 15 is 0 Å². The van der Waals surface area contributed by atoms with Crippen LogP contribution in [0.1, 0.15) is 34.8 Å². The van der Waals surface area contributed by atoms with Crippen molar-refractivity contribution in [3.05, 3.63) is 59.7 Å². The fraction of sp³-hybridized carbons (Fsp3) is 0.214. The molecule has 4 nitrogen and oxygen atoms in total. The third-order valence-electron chi connectivity index (χ3n) is 2.50. The molecule has 2 rings (SSSR count). The second kappa shape index (κ2) is 6.02. The number of aromatic nitrogens is 2. The predicted molar refractivity (Wildman–Crippen MR) is 67.3 cm³/mol. The summed E-state index contributed by atoms with van der Waals surface area (Å²) in [6.45, 7) is 2.49. The summed E-state index contributed by atoms with van der Waals surface area (Å²) in [4.78, 5) is 18.9. The van der Waals surface area contributed by atoms with Crippen LogP contribution in [0, 0.1) is 0 Å². The van der Waals surface area contributed by atoms with Gasteiger partial charge < -0.3 is 4.74 Å². The van der Waals surface area contributed by atoms with Crippen LogP contribution >= 0.6 is 0 Å². The molecule has 0 amide bonds. The van der Waals surface area contributed by atoms with Crippen LogP contribution < -0.4 is 0 Å². The average Bonchev–Trinajstić information content (AvgIpc) is 2.46. The van der Waals surface area contributed by atoms with E-state index in [1.54, 1.807) is 0 Å². The van der Waals surface area contributed by atoms with Gasteiger partial charge in [-0.15, -0.1) is 0 Å². The fourth-order valence-corrected chi connectivity index (χ4v) is 1.66. The van der Waals surface area contributed by atoms with Gasteiger partial charge >= 0.3 is 0 Å². The second-order valence-corrected chi connectivity index (χ2v) is 3.74. The highest BCUT2D eigenvalue weighted by atomic mass is 16.5. The zero-order valence-corrected chi connectivity index (χ0v) is 10.1. The van der Waals surface area contributed by atoms with Gasteiger partial charge in [-0.1, -0.05) is 30.3 Å². The zero-order chi connectivity index (χ0) is 12.8. The third-order valence-corrected chi connectivity index (χ3v) is 2.50. The summed E-state index contributed by atoms with van der Waals surface area (Å²) in [5.41, 5.74) is 1.46. The standard InChI is InChI=1S/C14H14N2O2/c1-2-18-13(12-6-4-3-5-7-12)14-15-8-11(10-17)9-16-14/h3-10,13H,2H2,1H3. The summed E-state index contributed by atoms with van der Waals surface area (Å²) < 4.78 is 5.67. The molecule has 1 aromatic heterocycles. The first-order chi connectivity index (χ1) is 8.85. The van der Waals surface area contributed by atoms with Gasteiger partial charge in [0.2, 0.25) is 0 Å². The first-order valence-corrected chi connectivity index (χ1v) is 5.78. The molecular weight excluding hydrogens is 228 g/mol. The van der Waals surface area contributed by atoms with Gasteiger partial charge in [0, 0.05) is 19.0 Å². The predicted octanol–water partition coefficient (Wildman–Crippen LogP) is 2.42. The third kappa shape index (κ3) is 2.78. The van der Waals surface area contributed by atoms with Gasteiger partial charge in [0.15, 0.2) is 12.1 Å². The molecule has 0 aliphatic carbocycles. The van der Waals surface area contributed by atoms with Gasteiger partial charge in [-0.2, -0.15) is 0 Å². The minimum absolute atomic E-state index is 0.295. The van der Waals surface area contributed by atoms with Crippen molar-refractivity contribution in [2.24, 2.45) is 0 Å². The summed E-state index contributed by atoms with van der Waals surface area (Å²) in [6.07, 6.45) is 3.44. The lowest BCUT2D eigenvalue weighted by molar-refractivity contribution is 0.0850. The van der Waals surface area contributed by atoms with Crippen molar-refractivity contribution >= 4 is 6.29 Å².